The van der Waals surface area contributed by atoms with E-state index in [4.69, 9.17) is 20.3 Å². The predicted octanol–water partition coefficient (Wildman–Crippen LogP) is 3.02. The number of carbonyl (C=O) groups excluding carboxylic acids is 3. The van der Waals surface area contributed by atoms with Crippen molar-refractivity contribution >= 4 is 34.9 Å². The van der Waals surface area contributed by atoms with Gasteiger partial charge < -0.3 is 30.5 Å². The summed E-state index contributed by atoms with van der Waals surface area (Å²) >= 11 is 0.733. The number of aromatic nitrogens is 1. The predicted molar refractivity (Wildman–Crippen MR) is 128 cm³/mol. The molecule has 1 atom stereocenters. The number of benzene rings is 1. The Labute approximate surface area is 204 Å². The highest BCUT2D eigenvalue weighted by molar-refractivity contribution is 7.09. The Kier molecular flexibility index (Phi) is 6.97. The maximum atomic E-state index is 13.7. The van der Waals surface area contributed by atoms with E-state index < -0.39 is 23.8 Å². The highest BCUT2D eigenvalue weighted by atomic mass is 32.1. The summed E-state index contributed by atoms with van der Waals surface area (Å²) in [6.07, 6.45) is 1.46. The van der Waals surface area contributed by atoms with Crippen LogP contribution in [0.1, 0.15) is 49.0 Å². The molecule has 35 heavy (non-hydrogen) atoms. The van der Waals surface area contributed by atoms with Crippen LogP contribution in [-0.2, 0) is 17.9 Å². The van der Waals surface area contributed by atoms with Gasteiger partial charge >= 0.3 is 0 Å². The second kappa shape index (κ2) is 10.3. The first-order chi connectivity index (χ1) is 16.8. The number of nitrogens with one attached hydrogen (secondary N) is 1. The number of nitrogen functional groups attached to an aromatic ring is 1. The zero-order chi connectivity index (χ0) is 24.9. The average Bonchev–Trinajstić information content (AvgIpc) is 3.59. The number of amides is 3. The lowest BCUT2D eigenvalue weighted by Crippen LogP contribution is -2.43. The topological polar surface area (TPSA) is 158 Å². The van der Waals surface area contributed by atoms with Gasteiger partial charge in [-0.2, -0.15) is 4.37 Å². The van der Waals surface area contributed by atoms with Crippen LogP contribution in [0.5, 0.6) is 0 Å². The number of carbonyl (C=O) groups is 3. The van der Waals surface area contributed by atoms with Gasteiger partial charge in [-0.15, -0.1) is 0 Å². The van der Waals surface area contributed by atoms with Crippen LogP contribution in [0.15, 0.2) is 69.7 Å². The molecule has 3 amide bonds. The molecule has 180 valence electrons. The zero-order valence-electron chi connectivity index (χ0n) is 18.8. The number of hydrogen-bond donors (Lipinski definition) is 3. The summed E-state index contributed by atoms with van der Waals surface area (Å²) in [4.78, 5) is 40.1. The molecule has 0 spiro atoms. The molecule has 0 radical (unpaired) electrons. The molecule has 0 fully saturated rings. The standard InChI is InChI=1S/C24H23N5O5S/c1-14-9-10-17(34-14)20(23(31)27-12-15-6-3-2-4-7-15)29(13-16-8-5-11-33-16)24(32)21-18(25)19(22(26)30)28-35-21/h2-11,20H,12-13,25H2,1H3,(H2,26,30)(H,27,31)/t20-/m1/s1. The van der Waals surface area contributed by atoms with Gasteiger partial charge in [0.2, 0.25) is 0 Å². The first kappa shape index (κ1) is 23.8. The fraction of sp³-hybridized carbons (Fsp3) is 0.167. The molecule has 10 nitrogen and oxygen atoms in total. The van der Waals surface area contributed by atoms with Crippen molar-refractivity contribution in [1.82, 2.24) is 14.6 Å². The molecule has 3 aromatic heterocycles. The molecule has 0 bridgehead atoms. The quantitative estimate of drug-likeness (QED) is 0.323. The summed E-state index contributed by atoms with van der Waals surface area (Å²) in [6.45, 7) is 1.91. The Morgan fingerprint density at radius 2 is 1.89 bits per heavy atom. The fourth-order valence-corrected chi connectivity index (χ4v) is 4.28. The van der Waals surface area contributed by atoms with Crippen molar-refractivity contribution in [2.24, 2.45) is 5.73 Å². The van der Waals surface area contributed by atoms with E-state index in [0.29, 0.717) is 11.5 Å². The third-order valence-electron chi connectivity index (χ3n) is 5.22. The van der Waals surface area contributed by atoms with Crippen LogP contribution < -0.4 is 16.8 Å². The van der Waals surface area contributed by atoms with Crippen molar-refractivity contribution in [3.8, 4) is 0 Å². The second-order valence-corrected chi connectivity index (χ2v) is 8.48. The Balaban J connectivity index is 1.73. The van der Waals surface area contributed by atoms with E-state index in [2.05, 4.69) is 9.69 Å². The van der Waals surface area contributed by atoms with Gasteiger partial charge in [0.25, 0.3) is 17.7 Å². The number of rotatable bonds is 9. The summed E-state index contributed by atoms with van der Waals surface area (Å²) in [5, 5.41) is 2.87. The van der Waals surface area contributed by atoms with Crippen molar-refractivity contribution in [2.75, 3.05) is 5.73 Å². The minimum atomic E-state index is -1.16. The van der Waals surface area contributed by atoms with Gasteiger partial charge in [-0.05, 0) is 48.3 Å². The van der Waals surface area contributed by atoms with Gasteiger partial charge in [0.1, 0.15) is 22.2 Å². The van der Waals surface area contributed by atoms with E-state index in [-0.39, 0.29) is 35.1 Å². The van der Waals surface area contributed by atoms with Gasteiger partial charge in [-0.3, -0.25) is 14.4 Å². The van der Waals surface area contributed by atoms with E-state index in [1.807, 2.05) is 30.3 Å². The minimum Gasteiger partial charge on any atom is -0.467 e. The molecule has 5 N–H and O–H groups in total. The smallest absolute Gasteiger partial charge is 0.270 e. The van der Waals surface area contributed by atoms with Crippen LogP contribution in [0.25, 0.3) is 0 Å². The highest BCUT2D eigenvalue weighted by Gasteiger charge is 2.37. The molecule has 4 aromatic rings. The number of nitrogens with two attached hydrogens (primary N) is 2. The number of furan rings is 2. The van der Waals surface area contributed by atoms with Gasteiger partial charge in [0.05, 0.1) is 18.5 Å². The monoisotopic (exact) mass is 493 g/mol. The van der Waals surface area contributed by atoms with Crippen LogP contribution in [0.3, 0.4) is 0 Å². The normalized spacial score (nSPS) is 11.7. The zero-order valence-corrected chi connectivity index (χ0v) is 19.6. The molecule has 0 aliphatic carbocycles. The molecular weight excluding hydrogens is 470 g/mol. The Hall–Kier alpha value is -4.38. The highest BCUT2D eigenvalue weighted by Crippen LogP contribution is 2.31. The molecule has 11 heteroatoms. The summed E-state index contributed by atoms with van der Waals surface area (Å²) in [6, 6.07) is 14.9. The van der Waals surface area contributed by atoms with Gasteiger partial charge in [0, 0.05) is 6.54 Å². The molecule has 4 rings (SSSR count). The minimum absolute atomic E-state index is 0.0190. The van der Waals surface area contributed by atoms with Crippen LogP contribution in [-0.4, -0.2) is 27.0 Å². The van der Waals surface area contributed by atoms with E-state index in [1.165, 1.54) is 11.2 Å². The van der Waals surface area contributed by atoms with Crippen molar-refractivity contribution in [2.45, 2.75) is 26.1 Å². The summed E-state index contributed by atoms with van der Waals surface area (Å²) in [7, 11) is 0. The van der Waals surface area contributed by atoms with Gasteiger partial charge in [0.15, 0.2) is 11.7 Å². The van der Waals surface area contributed by atoms with Crippen molar-refractivity contribution in [3.63, 3.8) is 0 Å². The van der Waals surface area contributed by atoms with E-state index in [1.54, 1.807) is 31.2 Å². The van der Waals surface area contributed by atoms with E-state index in [0.717, 1.165) is 17.1 Å². The Morgan fingerprint density at radius 3 is 2.49 bits per heavy atom. The average molecular weight is 494 g/mol. The number of hydrogen-bond acceptors (Lipinski definition) is 8. The largest absolute Gasteiger partial charge is 0.467 e. The number of aryl methyl sites for hydroxylation is 1. The summed E-state index contributed by atoms with van der Waals surface area (Å²) in [5.41, 5.74) is 11.9. The number of primary amides is 1. The Morgan fingerprint density at radius 1 is 1.11 bits per heavy atom. The van der Waals surface area contributed by atoms with Crippen LogP contribution in [0, 0.1) is 6.92 Å². The molecule has 0 saturated heterocycles. The maximum absolute atomic E-state index is 13.7. The van der Waals surface area contributed by atoms with E-state index in [9.17, 15) is 14.4 Å². The van der Waals surface area contributed by atoms with Gasteiger partial charge in [-0.25, -0.2) is 0 Å². The second-order valence-electron chi connectivity index (χ2n) is 7.71. The molecule has 0 saturated carbocycles. The lowest BCUT2D eigenvalue weighted by atomic mass is 10.1. The van der Waals surface area contributed by atoms with Crippen molar-refractivity contribution < 1.29 is 23.2 Å². The molecule has 0 aliphatic rings. The first-order valence-corrected chi connectivity index (χ1v) is 11.4. The lowest BCUT2D eigenvalue weighted by Gasteiger charge is -2.29. The maximum Gasteiger partial charge on any atom is 0.270 e. The SMILES string of the molecule is Cc1ccc([C@H](C(=O)NCc2ccccc2)N(Cc2ccco2)C(=O)c2snc(C(N)=O)c2N)o1. The van der Waals surface area contributed by atoms with E-state index >= 15 is 0 Å². The molecule has 0 unspecified atom stereocenters. The fourth-order valence-electron chi connectivity index (χ4n) is 3.52. The third-order valence-corrected chi connectivity index (χ3v) is 6.07. The van der Waals surface area contributed by atoms with Crippen molar-refractivity contribution in [1.29, 1.82) is 0 Å². The van der Waals surface area contributed by atoms with Crippen molar-refractivity contribution in [3.05, 3.63) is 94.3 Å². The molecule has 3 heterocycles. The number of anilines is 1. The lowest BCUT2D eigenvalue weighted by molar-refractivity contribution is -0.126. The third kappa shape index (κ3) is 5.25. The Bertz CT molecular complexity index is 1330. The molecule has 1 aromatic carbocycles. The van der Waals surface area contributed by atoms with Crippen LogP contribution >= 0.6 is 11.5 Å². The summed E-state index contributed by atoms with van der Waals surface area (Å²) < 4.78 is 15.1. The van der Waals surface area contributed by atoms with Gasteiger partial charge in [-0.1, -0.05) is 30.3 Å². The first-order valence-electron chi connectivity index (χ1n) is 10.6. The molecular formula is C24H23N5O5S. The summed E-state index contributed by atoms with van der Waals surface area (Å²) in [5.74, 6) is -0.695. The van der Waals surface area contributed by atoms with Crippen LogP contribution in [0.2, 0.25) is 0 Å². The molecule has 0 aliphatic heterocycles. The number of nitrogens with zero attached hydrogens (tertiary/aromatic N) is 2. The van der Waals surface area contributed by atoms with Crippen LogP contribution in [0.4, 0.5) is 5.69 Å².